The van der Waals surface area contributed by atoms with Gasteiger partial charge in [-0.15, -0.1) is 0 Å². The summed E-state index contributed by atoms with van der Waals surface area (Å²) >= 11 is 0. The van der Waals surface area contributed by atoms with Gasteiger partial charge in [0.05, 0.1) is 11.7 Å². The summed E-state index contributed by atoms with van der Waals surface area (Å²) in [5.41, 5.74) is 3.59. The average Bonchev–Trinajstić information content (AvgIpc) is 3.15. The number of fused-ring (bicyclic) bond motifs is 3. The summed E-state index contributed by atoms with van der Waals surface area (Å²) in [5, 5.41) is 22.9. The Labute approximate surface area is 194 Å². The fourth-order valence-corrected chi connectivity index (χ4v) is 4.26. The van der Waals surface area contributed by atoms with Gasteiger partial charge in [-0.05, 0) is 40.3 Å². The number of alkyl carbamates (subject to hydrolysis) is 1. The average molecular weight is 471 g/mol. The molecule has 2 atom stereocenters. The van der Waals surface area contributed by atoms with E-state index in [0.717, 1.165) is 40.5 Å². The molecule has 34 heavy (non-hydrogen) atoms. The molecule has 3 N–H and O–H groups in total. The van der Waals surface area contributed by atoms with Crippen molar-refractivity contribution in [1.82, 2.24) is 5.32 Å². The van der Waals surface area contributed by atoms with E-state index in [4.69, 9.17) is 4.74 Å². The Bertz CT molecular complexity index is 1120. The third kappa shape index (κ3) is 4.93. The quantitative estimate of drug-likeness (QED) is 0.428. The third-order valence-corrected chi connectivity index (χ3v) is 6.02. The number of halogens is 3. The van der Waals surface area contributed by atoms with E-state index in [2.05, 4.69) is 5.32 Å². The van der Waals surface area contributed by atoms with Crippen LogP contribution in [0.1, 0.15) is 47.1 Å². The minimum Gasteiger partial charge on any atom is -0.449 e. The number of nitrogens with one attached hydrogen (secondary N) is 1. The fraction of sp³-hybridized carbons (Fsp3) is 0.269. The predicted molar refractivity (Wildman–Crippen MR) is 120 cm³/mol. The summed E-state index contributed by atoms with van der Waals surface area (Å²) < 4.78 is 44.5. The van der Waals surface area contributed by atoms with Crippen LogP contribution in [0.2, 0.25) is 0 Å². The molecule has 0 radical (unpaired) electrons. The Morgan fingerprint density at radius 2 is 1.59 bits per heavy atom. The molecule has 0 bridgehead atoms. The molecule has 0 saturated carbocycles. The largest absolute Gasteiger partial charge is 0.449 e. The molecule has 1 amide bonds. The first-order chi connectivity index (χ1) is 16.4. The zero-order chi connectivity index (χ0) is 24.2. The second kappa shape index (κ2) is 10.3. The van der Waals surface area contributed by atoms with Crippen LogP contribution in [0, 0.1) is 5.82 Å². The zero-order valence-electron chi connectivity index (χ0n) is 18.1. The van der Waals surface area contributed by atoms with Gasteiger partial charge in [-0.2, -0.15) is 0 Å². The Balaban J connectivity index is 1.28. The zero-order valence-corrected chi connectivity index (χ0v) is 18.1. The van der Waals surface area contributed by atoms with Crippen LogP contribution < -0.4 is 5.32 Å². The highest BCUT2D eigenvalue weighted by atomic mass is 19.3. The SMILES string of the molecule is O=C(NCCC(O)C(O)c1ccc(C(F)F)c(F)c1)OCC1c2ccccc2-c2ccccc21. The number of rotatable bonds is 8. The molecule has 0 saturated heterocycles. The molecular weight excluding hydrogens is 447 g/mol. The highest BCUT2D eigenvalue weighted by Gasteiger charge is 2.29. The van der Waals surface area contributed by atoms with Gasteiger partial charge in [-0.25, -0.2) is 18.0 Å². The Morgan fingerprint density at radius 3 is 2.18 bits per heavy atom. The second-order valence-electron chi connectivity index (χ2n) is 8.13. The van der Waals surface area contributed by atoms with Crippen molar-refractivity contribution in [2.45, 2.75) is 31.0 Å². The van der Waals surface area contributed by atoms with Gasteiger partial charge < -0.3 is 20.3 Å². The molecule has 4 rings (SSSR count). The first-order valence-electron chi connectivity index (χ1n) is 10.9. The van der Waals surface area contributed by atoms with Gasteiger partial charge in [-0.3, -0.25) is 0 Å². The van der Waals surface area contributed by atoms with Crippen LogP contribution in [0.25, 0.3) is 11.1 Å². The van der Waals surface area contributed by atoms with Crippen molar-refractivity contribution >= 4 is 6.09 Å². The first-order valence-corrected chi connectivity index (χ1v) is 10.9. The van der Waals surface area contributed by atoms with Crippen molar-refractivity contribution in [3.8, 4) is 11.1 Å². The number of ether oxygens (including phenoxy) is 1. The fourth-order valence-electron chi connectivity index (χ4n) is 4.26. The van der Waals surface area contributed by atoms with Crippen molar-refractivity contribution in [3.05, 3.63) is 94.8 Å². The summed E-state index contributed by atoms with van der Waals surface area (Å²) in [6.45, 7) is 0.132. The highest BCUT2D eigenvalue weighted by molar-refractivity contribution is 5.79. The van der Waals surface area contributed by atoms with Crippen LogP contribution in [0.15, 0.2) is 66.7 Å². The van der Waals surface area contributed by atoms with Gasteiger partial charge in [0.1, 0.15) is 18.5 Å². The maximum Gasteiger partial charge on any atom is 0.407 e. The van der Waals surface area contributed by atoms with Crippen molar-refractivity contribution in [1.29, 1.82) is 0 Å². The molecule has 1 aliphatic carbocycles. The molecule has 5 nitrogen and oxygen atoms in total. The van der Waals surface area contributed by atoms with Gasteiger partial charge in [0.25, 0.3) is 6.43 Å². The lowest BCUT2D eigenvalue weighted by molar-refractivity contribution is 0.0134. The number of hydrogen-bond donors (Lipinski definition) is 3. The van der Waals surface area contributed by atoms with E-state index in [9.17, 15) is 28.2 Å². The van der Waals surface area contributed by atoms with Gasteiger partial charge in [0, 0.05) is 12.5 Å². The molecule has 0 aromatic heterocycles. The molecule has 3 aromatic rings. The van der Waals surface area contributed by atoms with Gasteiger partial charge >= 0.3 is 6.09 Å². The topological polar surface area (TPSA) is 78.8 Å². The number of aliphatic hydroxyl groups excluding tert-OH is 2. The summed E-state index contributed by atoms with van der Waals surface area (Å²) in [6, 6.07) is 18.7. The summed E-state index contributed by atoms with van der Waals surface area (Å²) in [6.07, 6.45) is -6.53. The number of aliphatic hydroxyl groups is 2. The standard InChI is InChI=1S/C26H24F3NO4/c27-22-13-15(9-10-20(22)25(28)29)24(32)23(31)11-12-30-26(33)34-14-21-18-7-3-1-5-16(18)17-6-2-4-8-19(17)21/h1-10,13,21,23-25,31-32H,11-12,14H2,(H,30,33). The molecule has 8 heteroatoms. The third-order valence-electron chi connectivity index (χ3n) is 6.02. The number of carbonyl (C=O) groups excluding carboxylic acids is 1. The molecule has 0 aliphatic heterocycles. The molecule has 2 unspecified atom stereocenters. The molecule has 0 heterocycles. The lowest BCUT2D eigenvalue weighted by atomic mass is 9.98. The number of alkyl halides is 2. The van der Waals surface area contributed by atoms with Crippen LogP contribution in [-0.4, -0.2) is 35.6 Å². The van der Waals surface area contributed by atoms with Crippen LogP contribution in [0.3, 0.4) is 0 Å². The first kappa shape index (κ1) is 23.8. The highest BCUT2D eigenvalue weighted by Crippen LogP contribution is 2.44. The molecule has 0 fully saturated rings. The monoisotopic (exact) mass is 471 g/mol. The van der Waals surface area contributed by atoms with E-state index in [1.165, 1.54) is 0 Å². The minimum atomic E-state index is -2.97. The number of amides is 1. The number of carbonyl (C=O) groups is 1. The van der Waals surface area contributed by atoms with Crippen LogP contribution in [0.5, 0.6) is 0 Å². The van der Waals surface area contributed by atoms with E-state index in [1.54, 1.807) is 0 Å². The lowest BCUT2D eigenvalue weighted by Crippen LogP contribution is -2.30. The van der Waals surface area contributed by atoms with Crippen LogP contribution in [0.4, 0.5) is 18.0 Å². The Morgan fingerprint density at radius 1 is 0.971 bits per heavy atom. The van der Waals surface area contributed by atoms with Crippen LogP contribution in [-0.2, 0) is 4.74 Å². The summed E-state index contributed by atoms with van der Waals surface area (Å²) in [5.74, 6) is -1.24. The normalized spacial score (nSPS) is 14.4. The maximum atomic E-state index is 13.7. The Hall–Kier alpha value is -3.36. The lowest BCUT2D eigenvalue weighted by Gasteiger charge is -2.19. The van der Waals surface area contributed by atoms with Crippen molar-refractivity contribution in [2.24, 2.45) is 0 Å². The van der Waals surface area contributed by atoms with E-state index >= 15 is 0 Å². The van der Waals surface area contributed by atoms with Gasteiger partial charge in [0.15, 0.2) is 0 Å². The molecule has 0 spiro atoms. The van der Waals surface area contributed by atoms with Gasteiger partial charge in [-0.1, -0.05) is 60.7 Å². The number of hydrogen-bond acceptors (Lipinski definition) is 4. The van der Waals surface area contributed by atoms with Crippen molar-refractivity contribution in [2.75, 3.05) is 13.2 Å². The molecule has 1 aliphatic rings. The number of benzene rings is 3. The van der Waals surface area contributed by atoms with E-state index in [-0.39, 0.29) is 31.1 Å². The van der Waals surface area contributed by atoms with E-state index in [1.807, 2.05) is 48.5 Å². The van der Waals surface area contributed by atoms with Crippen molar-refractivity contribution in [3.63, 3.8) is 0 Å². The second-order valence-corrected chi connectivity index (χ2v) is 8.13. The molecule has 178 valence electrons. The molecular formula is C26H24F3NO4. The predicted octanol–water partition coefficient (Wildman–Crippen LogP) is 5.09. The van der Waals surface area contributed by atoms with Crippen LogP contribution >= 0.6 is 0 Å². The minimum absolute atomic E-state index is 0.00744. The maximum absolute atomic E-state index is 13.7. The summed E-state index contributed by atoms with van der Waals surface area (Å²) in [4.78, 5) is 12.2. The Kier molecular flexibility index (Phi) is 7.19. The van der Waals surface area contributed by atoms with Crippen molar-refractivity contribution < 1.29 is 32.9 Å². The summed E-state index contributed by atoms with van der Waals surface area (Å²) in [7, 11) is 0. The van der Waals surface area contributed by atoms with E-state index in [0.29, 0.717) is 0 Å². The van der Waals surface area contributed by atoms with Gasteiger partial charge in [0.2, 0.25) is 0 Å². The van der Waals surface area contributed by atoms with E-state index < -0.39 is 36.1 Å². The smallest absolute Gasteiger partial charge is 0.407 e. The molecule has 3 aromatic carbocycles.